The lowest BCUT2D eigenvalue weighted by Gasteiger charge is -2.20. The number of carbonyl (C=O) groups is 1. The van der Waals surface area contributed by atoms with Crippen LogP contribution in [0.25, 0.3) is 0 Å². The first-order chi connectivity index (χ1) is 8.64. The van der Waals surface area contributed by atoms with E-state index in [1.807, 2.05) is 6.07 Å². The van der Waals surface area contributed by atoms with Crippen molar-refractivity contribution < 1.29 is 13.2 Å². The molecule has 0 aliphatic carbocycles. The molecule has 1 amide bonds. The maximum absolute atomic E-state index is 11.8. The average Bonchev–Trinajstić information content (AvgIpc) is 2.73. The highest BCUT2D eigenvalue weighted by Crippen LogP contribution is 2.20. The summed E-state index contributed by atoms with van der Waals surface area (Å²) in [5, 5.41) is 11.3. The second-order valence-corrected chi connectivity index (χ2v) is 7.93. The van der Waals surface area contributed by atoms with Gasteiger partial charge in [0.1, 0.15) is 15.2 Å². The van der Waals surface area contributed by atoms with E-state index in [1.54, 1.807) is 20.8 Å². The van der Waals surface area contributed by atoms with Gasteiger partial charge in [-0.15, -0.1) is 11.3 Å². The highest BCUT2D eigenvalue weighted by molar-refractivity contribution is 7.91. The van der Waals surface area contributed by atoms with Gasteiger partial charge in [0.05, 0.1) is 6.54 Å². The summed E-state index contributed by atoms with van der Waals surface area (Å²) in [5.74, 6) is -0.409. The highest BCUT2D eigenvalue weighted by Gasteiger charge is 2.19. The Balaban J connectivity index is 2.67. The Hall–Kier alpha value is -1.43. The second kappa shape index (κ2) is 5.69. The van der Waals surface area contributed by atoms with Gasteiger partial charge >= 0.3 is 0 Å². The molecule has 1 aromatic rings. The van der Waals surface area contributed by atoms with E-state index in [4.69, 9.17) is 5.26 Å². The van der Waals surface area contributed by atoms with Gasteiger partial charge in [0.25, 0.3) is 10.0 Å². The van der Waals surface area contributed by atoms with E-state index in [2.05, 4.69) is 10.0 Å². The Morgan fingerprint density at radius 2 is 2.05 bits per heavy atom. The van der Waals surface area contributed by atoms with E-state index in [1.165, 1.54) is 12.1 Å². The van der Waals surface area contributed by atoms with Crippen LogP contribution in [0.2, 0.25) is 0 Å². The van der Waals surface area contributed by atoms with E-state index in [9.17, 15) is 13.2 Å². The van der Waals surface area contributed by atoms with Gasteiger partial charge in [-0.2, -0.15) is 5.26 Å². The van der Waals surface area contributed by atoms with Gasteiger partial charge in [-0.3, -0.25) is 4.79 Å². The average molecular weight is 301 g/mol. The monoisotopic (exact) mass is 301 g/mol. The largest absolute Gasteiger partial charge is 0.350 e. The van der Waals surface area contributed by atoms with Gasteiger partial charge in [0.15, 0.2) is 0 Å². The zero-order chi connectivity index (χ0) is 14.7. The zero-order valence-corrected chi connectivity index (χ0v) is 12.5. The molecule has 19 heavy (non-hydrogen) atoms. The summed E-state index contributed by atoms with van der Waals surface area (Å²) in [4.78, 5) is 11.8. The van der Waals surface area contributed by atoms with Crippen molar-refractivity contribution in [2.45, 2.75) is 30.5 Å². The number of amides is 1. The molecule has 0 aliphatic heterocycles. The lowest BCUT2D eigenvalue weighted by molar-refractivity contribution is -0.121. The summed E-state index contributed by atoms with van der Waals surface area (Å²) in [6.45, 7) is 5.08. The Morgan fingerprint density at radius 3 is 2.53 bits per heavy atom. The molecule has 0 atom stereocenters. The molecule has 0 aliphatic rings. The molecule has 1 aromatic heterocycles. The molecule has 0 saturated heterocycles. The molecule has 1 heterocycles. The third-order valence-electron chi connectivity index (χ3n) is 1.89. The van der Waals surface area contributed by atoms with Crippen LogP contribution in [-0.2, 0) is 14.8 Å². The molecule has 0 fully saturated rings. The van der Waals surface area contributed by atoms with Crippen molar-refractivity contribution in [1.82, 2.24) is 10.0 Å². The lowest BCUT2D eigenvalue weighted by Crippen LogP contribution is -2.45. The second-order valence-electron chi connectivity index (χ2n) is 4.85. The van der Waals surface area contributed by atoms with Gasteiger partial charge in [-0.1, -0.05) is 0 Å². The fourth-order valence-electron chi connectivity index (χ4n) is 1.22. The topological polar surface area (TPSA) is 99.1 Å². The van der Waals surface area contributed by atoms with E-state index >= 15 is 0 Å². The van der Waals surface area contributed by atoms with E-state index in [0.29, 0.717) is 4.88 Å². The van der Waals surface area contributed by atoms with E-state index < -0.39 is 21.5 Å². The first-order valence-corrected chi connectivity index (χ1v) is 7.75. The summed E-state index contributed by atoms with van der Waals surface area (Å²) in [7, 11) is -3.74. The van der Waals surface area contributed by atoms with Crippen LogP contribution >= 0.6 is 11.3 Å². The van der Waals surface area contributed by atoms with Crippen LogP contribution in [0, 0.1) is 11.3 Å². The number of carbonyl (C=O) groups excluding carboxylic acids is 1. The minimum absolute atomic E-state index is 0.0209. The Labute approximate surface area is 116 Å². The van der Waals surface area contributed by atoms with Crippen LogP contribution in [-0.4, -0.2) is 26.4 Å². The molecule has 2 N–H and O–H groups in total. The van der Waals surface area contributed by atoms with Crippen molar-refractivity contribution in [3.63, 3.8) is 0 Å². The predicted octanol–water partition coefficient (Wildman–Crippen LogP) is 0.813. The van der Waals surface area contributed by atoms with Gasteiger partial charge in [-0.25, -0.2) is 13.1 Å². The fraction of sp³-hybridized carbons (Fsp3) is 0.455. The molecular formula is C11H15N3O3S2. The standard InChI is InChI=1S/C11H15N3O3S2/c1-11(2,3)14-9(15)7-13-19(16,17)10-5-4-8(6-12)18-10/h4-5,13H,7H2,1-3H3,(H,14,15). The van der Waals surface area contributed by atoms with E-state index in [-0.39, 0.29) is 10.8 Å². The van der Waals surface area contributed by atoms with Crippen LogP contribution in [0.3, 0.4) is 0 Å². The number of nitrogens with one attached hydrogen (secondary N) is 2. The maximum atomic E-state index is 11.8. The molecule has 0 saturated carbocycles. The van der Waals surface area contributed by atoms with Crippen molar-refractivity contribution >= 4 is 27.3 Å². The number of thiophene rings is 1. The smallest absolute Gasteiger partial charge is 0.250 e. The summed E-state index contributed by atoms with van der Waals surface area (Å²) >= 11 is 0.861. The number of rotatable bonds is 4. The number of nitriles is 1. The Bertz CT molecular complexity index is 606. The van der Waals surface area contributed by atoms with Crippen LogP contribution < -0.4 is 10.0 Å². The van der Waals surface area contributed by atoms with Gasteiger partial charge < -0.3 is 5.32 Å². The molecule has 0 aromatic carbocycles. The molecule has 1 rings (SSSR count). The Morgan fingerprint density at radius 1 is 1.42 bits per heavy atom. The quantitative estimate of drug-likeness (QED) is 0.859. The normalized spacial score (nSPS) is 11.9. The molecule has 0 unspecified atom stereocenters. The van der Waals surface area contributed by atoms with Gasteiger partial charge in [0.2, 0.25) is 5.91 Å². The molecule has 0 spiro atoms. The van der Waals surface area contributed by atoms with Crippen molar-refractivity contribution in [2.24, 2.45) is 0 Å². The molecule has 6 nitrogen and oxygen atoms in total. The van der Waals surface area contributed by atoms with Crippen molar-refractivity contribution in [2.75, 3.05) is 6.54 Å². The minimum atomic E-state index is -3.74. The van der Waals surface area contributed by atoms with Crippen LogP contribution in [0.15, 0.2) is 16.3 Å². The first kappa shape index (κ1) is 15.6. The SMILES string of the molecule is CC(C)(C)NC(=O)CNS(=O)(=O)c1ccc(C#N)s1. The molecule has 104 valence electrons. The van der Waals surface area contributed by atoms with Gasteiger partial charge in [0, 0.05) is 5.54 Å². The van der Waals surface area contributed by atoms with Crippen LogP contribution in [0.5, 0.6) is 0 Å². The summed E-state index contributed by atoms with van der Waals surface area (Å²) in [6, 6.07) is 4.63. The molecule has 8 heteroatoms. The van der Waals surface area contributed by atoms with Crippen molar-refractivity contribution in [1.29, 1.82) is 5.26 Å². The molecule has 0 bridgehead atoms. The number of sulfonamides is 1. The van der Waals surface area contributed by atoms with Crippen molar-refractivity contribution in [3.8, 4) is 6.07 Å². The molecule has 0 radical (unpaired) electrons. The first-order valence-electron chi connectivity index (χ1n) is 5.45. The van der Waals surface area contributed by atoms with Crippen molar-refractivity contribution in [3.05, 3.63) is 17.0 Å². The number of nitrogens with zero attached hydrogens (tertiary/aromatic N) is 1. The van der Waals surface area contributed by atoms with E-state index in [0.717, 1.165) is 11.3 Å². The van der Waals surface area contributed by atoms with Crippen LogP contribution in [0.4, 0.5) is 0 Å². The molecular weight excluding hydrogens is 286 g/mol. The lowest BCUT2D eigenvalue weighted by atomic mass is 10.1. The third-order valence-corrected chi connectivity index (χ3v) is 4.78. The maximum Gasteiger partial charge on any atom is 0.250 e. The predicted molar refractivity (Wildman–Crippen MR) is 72.1 cm³/mol. The number of hydrogen-bond donors (Lipinski definition) is 2. The van der Waals surface area contributed by atoms with Gasteiger partial charge in [-0.05, 0) is 32.9 Å². The summed E-state index contributed by atoms with van der Waals surface area (Å²) < 4.78 is 25.9. The summed E-state index contributed by atoms with van der Waals surface area (Å²) in [5.41, 5.74) is -0.417. The minimum Gasteiger partial charge on any atom is -0.350 e. The fourth-order valence-corrected chi connectivity index (χ4v) is 3.35. The summed E-state index contributed by atoms with van der Waals surface area (Å²) in [6.07, 6.45) is 0. The van der Waals surface area contributed by atoms with Crippen LogP contribution in [0.1, 0.15) is 25.6 Å². The zero-order valence-electron chi connectivity index (χ0n) is 10.9. The highest BCUT2D eigenvalue weighted by atomic mass is 32.2. The number of hydrogen-bond acceptors (Lipinski definition) is 5. The Kier molecular flexibility index (Phi) is 4.68. The third kappa shape index (κ3) is 4.98.